The predicted molar refractivity (Wildman–Crippen MR) is 449 cm³/mol. The third kappa shape index (κ3) is 21.5. The molecule has 16 aromatic rings. The highest BCUT2D eigenvalue weighted by molar-refractivity contribution is 5.94. The van der Waals surface area contributed by atoms with Crippen molar-refractivity contribution in [3.63, 3.8) is 0 Å². The van der Waals surface area contributed by atoms with Gasteiger partial charge >= 0.3 is 24.1 Å². The lowest BCUT2D eigenvalue weighted by Gasteiger charge is -2.13. The SMILES string of the molecule is COCCn1c(Cc2cc(F)c(-c3cccc(OCc4cc(F)c(C(F)(F)F)cc4F)n3)cc2F)nc2ccc(C(=O)O)cc21.COCCn1c(Cc2cc(F)c(-c3cccc(OCc4ccc(-n5cccn5)nc4)n3)cc2F)nc2ccc(C(=O)O)cc21.COCCn1c(Cc2cc(F)c(-c3cccc(OCc4ccc(OC)nc4)n3)cc2F)nc2ccc(C(=O)O)cc21. The summed E-state index contributed by atoms with van der Waals surface area (Å²) in [5, 5.41) is 32.3. The Labute approximate surface area is 731 Å². The molecule has 0 aliphatic heterocycles. The summed E-state index contributed by atoms with van der Waals surface area (Å²) >= 11 is 0. The molecule has 7 aromatic carbocycles. The lowest BCUT2D eigenvalue weighted by molar-refractivity contribution is -0.140. The minimum absolute atomic E-state index is 0.0122. The number of ether oxygens (including phenoxy) is 7. The fraction of sp³-hybridized carbons (Fsp3) is 0.183. The van der Waals surface area contributed by atoms with E-state index >= 15 is 26.3 Å². The van der Waals surface area contributed by atoms with Gasteiger partial charge in [-0.1, -0.05) is 24.3 Å². The van der Waals surface area contributed by atoms with E-state index in [4.69, 9.17) is 33.2 Å². The maximum Gasteiger partial charge on any atom is 0.419 e. The van der Waals surface area contributed by atoms with Gasteiger partial charge in [0.25, 0.3) is 0 Å². The molecule has 0 unspecified atom stereocenters. The number of alkyl halides is 3. The van der Waals surface area contributed by atoms with Crippen molar-refractivity contribution in [2.24, 2.45) is 0 Å². The van der Waals surface area contributed by atoms with Crippen molar-refractivity contribution >= 4 is 51.0 Å². The zero-order valence-corrected chi connectivity index (χ0v) is 69.1. The van der Waals surface area contributed by atoms with Crippen LogP contribution in [0.15, 0.2) is 213 Å². The minimum atomic E-state index is -5.08. The minimum Gasteiger partial charge on any atom is -0.481 e. The van der Waals surface area contributed by atoms with Gasteiger partial charge in [-0.25, -0.2) is 94.1 Å². The number of nitrogens with zero attached hydrogens (tertiary/aromatic N) is 13. The first-order valence-electron chi connectivity index (χ1n) is 39.5. The Morgan fingerprint density at radius 2 is 0.754 bits per heavy atom. The van der Waals surface area contributed by atoms with Gasteiger partial charge in [0.2, 0.25) is 23.5 Å². The molecule has 0 aliphatic rings. The normalized spacial score (nSPS) is 11.4. The largest absolute Gasteiger partial charge is 0.481 e. The molecule has 16 rings (SSSR count). The Morgan fingerprint density at radius 3 is 1.09 bits per heavy atom. The molecule has 0 spiro atoms. The summed E-state index contributed by atoms with van der Waals surface area (Å²) in [7, 11) is 6.09. The van der Waals surface area contributed by atoms with E-state index in [2.05, 4.69) is 45.0 Å². The fourth-order valence-corrected chi connectivity index (χ4v) is 13.9. The van der Waals surface area contributed by atoms with E-state index in [1.807, 2.05) is 12.1 Å². The molecule has 0 amide bonds. The molecule has 0 saturated heterocycles. The second kappa shape index (κ2) is 40.5. The molecule has 0 aliphatic carbocycles. The Balaban J connectivity index is 0.000000157. The lowest BCUT2D eigenvalue weighted by Crippen LogP contribution is -2.11. The maximum atomic E-state index is 15.4. The van der Waals surface area contributed by atoms with Crippen LogP contribution in [0.2, 0.25) is 0 Å². The Kier molecular flexibility index (Phi) is 28.3. The van der Waals surface area contributed by atoms with E-state index in [0.717, 1.165) is 47.5 Å². The lowest BCUT2D eigenvalue weighted by atomic mass is 10.0. The first-order chi connectivity index (χ1) is 62.6. The van der Waals surface area contributed by atoms with Crippen LogP contribution < -0.4 is 18.9 Å². The van der Waals surface area contributed by atoms with Gasteiger partial charge in [-0.15, -0.1) is 0 Å². The number of hydrogen-bond acceptors (Lipinski definition) is 19. The number of benzene rings is 7. The number of hydrogen-bond donors (Lipinski definition) is 3. The second-order valence-electron chi connectivity index (χ2n) is 28.9. The number of methoxy groups -OCH3 is 4. The van der Waals surface area contributed by atoms with Gasteiger partial charge in [0, 0.05) is 143 Å². The van der Waals surface area contributed by atoms with Gasteiger partial charge in [0.15, 0.2) is 5.82 Å². The second-order valence-corrected chi connectivity index (χ2v) is 28.9. The first kappa shape index (κ1) is 90.9. The van der Waals surface area contributed by atoms with Crippen LogP contribution in [0, 0.1) is 46.5 Å². The van der Waals surface area contributed by atoms with Gasteiger partial charge in [0.05, 0.1) is 99.4 Å². The van der Waals surface area contributed by atoms with Crippen LogP contribution in [0.3, 0.4) is 0 Å². The molecule has 37 heteroatoms. The molecule has 130 heavy (non-hydrogen) atoms. The third-order valence-electron chi connectivity index (χ3n) is 20.4. The number of fused-ring (bicyclic) bond motifs is 3. The molecule has 666 valence electrons. The summed E-state index contributed by atoms with van der Waals surface area (Å²) in [6.07, 6.45) is 1.48. The average Bonchev–Trinajstić information content (AvgIpc) is 1.65. The molecule has 0 saturated carbocycles. The topological polar surface area (TPSA) is 312 Å². The molecule has 26 nitrogen and oxygen atoms in total. The molecule has 0 fully saturated rings. The van der Waals surface area contributed by atoms with Gasteiger partial charge < -0.3 is 62.2 Å². The van der Waals surface area contributed by atoms with Crippen LogP contribution in [-0.2, 0) is 79.1 Å². The smallest absolute Gasteiger partial charge is 0.419 e. The van der Waals surface area contributed by atoms with Gasteiger partial charge in [-0.2, -0.15) is 18.3 Å². The maximum absolute atomic E-state index is 15.4. The van der Waals surface area contributed by atoms with Crippen molar-refractivity contribution in [2.75, 3.05) is 48.3 Å². The van der Waals surface area contributed by atoms with Crippen LogP contribution >= 0.6 is 0 Å². The number of aromatic nitrogens is 13. The van der Waals surface area contributed by atoms with Crippen LogP contribution in [-0.4, -0.2) is 145 Å². The average molecular weight is 1790 g/mol. The first-order valence-corrected chi connectivity index (χ1v) is 39.5. The summed E-state index contributed by atoms with van der Waals surface area (Å²) in [4.78, 5) is 69.4. The number of pyridine rings is 5. The van der Waals surface area contributed by atoms with Crippen LogP contribution in [0.25, 0.3) is 72.7 Å². The van der Waals surface area contributed by atoms with E-state index in [1.165, 1.54) is 74.9 Å². The number of carbonyl (C=O) groups is 3. The van der Waals surface area contributed by atoms with E-state index in [0.29, 0.717) is 94.6 Å². The van der Waals surface area contributed by atoms with Crippen LogP contribution in [0.5, 0.6) is 23.5 Å². The standard InChI is InChI=1S/C32H26F2N6O4.C31H22F7N3O4.C30H26F2N4O5/c1-43-13-12-39-28-15-21(32(41)42)7-8-27(28)37-30(39)16-22-14-25(34)23(17-24(22)33)26-4-2-5-31(38-26)44-19-20-6-9-29(35-18-20)40-11-3-10-36-40;1-44-8-7-41-27-11-16(30(42)43)5-6-26(27)39-28(41)12-17-9-23(34)19(13-21(17)32)25-3-2-4-29(40-25)45-15-18-10-24(35)20(14-22(18)33)31(36,37)38;1-39-11-10-36-26-13-19(30(37)38)7-8-25(26)34-27(36)14-20-12-23(32)21(15-22(20)31)24-4-3-5-29(35-24)41-17-18-6-9-28(40-2)33-16-18/h2-11,14-15,17-18H,12-13,16,19H2,1H3,(H,41,42);2-6,9-11,13-14H,7-8,12,15H2,1H3,(H,42,43);3-9,12-13,15-16H,10-11,14,17H2,1-2H3,(H,37,38). The highest BCUT2D eigenvalue weighted by Gasteiger charge is 2.36. The Bertz CT molecular complexity index is 6840. The summed E-state index contributed by atoms with van der Waals surface area (Å²) in [6.45, 7) is 1.55. The molecule has 0 radical (unpaired) electrons. The van der Waals surface area contributed by atoms with E-state index in [1.54, 1.807) is 124 Å². The molecule has 0 atom stereocenters. The number of aromatic carboxylic acids is 3. The number of carboxylic acids is 3. The Hall–Kier alpha value is -15.4. The van der Waals surface area contributed by atoms with Crippen molar-refractivity contribution in [2.45, 2.75) is 64.9 Å². The van der Waals surface area contributed by atoms with Crippen LogP contribution in [0.1, 0.15) is 87.5 Å². The van der Waals surface area contributed by atoms with Gasteiger partial charge in [-0.05, 0) is 156 Å². The predicted octanol–water partition coefficient (Wildman–Crippen LogP) is 18.0. The fourth-order valence-electron chi connectivity index (χ4n) is 13.9. The van der Waals surface area contributed by atoms with E-state index < -0.39 is 88.4 Å². The Morgan fingerprint density at radius 1 is 0.377 bits per heavy atom. The monoisotopic (exact) mass is 1790 g/mol. The number of carboxylic acid groups (broad SMARTS) is 3. The van der Waals surface area contributed by atoms with Gasteiger partial charge in [-0.3, -0.25) is 0 Å². The van der Waals surface area contributed by atoms with Gasteiger partial charge in [0.1, 0.15) is 83.8 Å². The summed E-state index contributed by atoms with van der Waals surface area (Å²) < 4.78 is 203. The molecule has 9 heterocycles. The quantitative estimate of drug-likeness (QED) is 0.0330. The van der Waals surface area contributed by atoms with E-state index in [-0.39, 0.29) is 136 Å². The summed E-state index contributed by atoms with van der Waals surface area (Å²) in [6, 6.07) is 43.0. The van der Waals surface area contributed by atoms with Crippen molar-refractivity contribution < 1.29 is 111 Å². The number of halogens is 11. The molecular formula is C93H74F11N13O13. The summed E-state index contributed by atoms with van der Waals surface area (Å²) in [5.41, 5.74) is 2.96. The molecule has 3 N–H and O–H groups in total. The number of rotatable bonds is 32. The van der Waals surface area contributed by atoms with Crippen molar-refractivity contribution in [3.8, 4) is 63.1 Å². The highest BCUT2D eigenvalue weighted by Crippen LogP contribution is 2.36. The number of imidazole rings is 3. The van der Waals surface area contributed by atoms with Crippen molar-refractivity contribution in [1.82, 2.24) is 63.4 Å². The molecular weight excluding hydrogens is 1720 g/mol. The molecule has 0 bridgehead atoms. The summed E-state index contributed by atoms with van der Waals surface area (Å²) in [5.74, 6) is -7.84. The zero-order valence-electron chi connectivity index (χ0n) is 69.1. The van der Waals surface area contributed by atoms with Crippen molar-refractivity contribution in [3.05, 3.63) is 332 Å². The van der Waals surface area contributed by atoms with Crippen LogP contribution in [0.4, 0.5) is 48.3 Å². The highest BCUT2D eigenvalue weighted by atomic mass is 19.4. The third-order valence-corrected chi connectivity index (χ3v) is 20.4. The zero-order chi connectivity index (χ0) is 92.0. The molecule has 9 aromatic heterocycles. The van der Waals surface area contributed by atoms with Crippen molar-refractivity contribution in [1.29, 1.82) is 0 Å². The van der Waals surface area contributed by atoms with E-state index in [9.17, 15) is 51.7 Å².